The van der Waals surface area contributed by atoms with Crippen molar-refractivity contribution in [3.8, 4) is 0 Å². The zero-order valence-corrected chi connectivity index (χ0v) is 21.9. The van der Waals surface area contributed by atoms with Crippen molar-refractivity contribution < 1.29 is 9.53 Å². The number of carbonyl (C=O) groups is 1. The first-order valence-corrected chi connectivity index (χ1v) is 11.8. The lowest BCUT2D eigenvalue weighted by Crippen LogP contribution is -2.30. The van der Waals surface area contributed by atoms with Crippen LogP contribution in [0.5, 0.6) is 0 Å². The number of hydrogen-bond donors (Lipinski definition) is 1. The first-order valence-electron chi connectivity index (χ1n) is 11.8. The molecule has 0 aliphatic heterocycles. The molecule has 5 nitrogen and oxygen atoms in total. The Morgan fingerprint density at radius 3 is 2.29 bits per heavy atom. The predicted molar refractivity (Wildman–Crippen MR) is 149 cm³/mol. The van der Waals surface area contributed by atoms with Gasteiger partial charge in [-0.15, -0.1) is 0 Å². The summed E-state index contributed by atoms with van der Waals surface area (Å²) in [5, 5.41) is 7.28. The van der Waals surface area contributed by atoms with Crippen LogP contribution in [0.2, 0.25) is 0 Å². The fourth-order valence-electron chi connectivity index (χ4n) is 3.10. The smallest absolute Gasteiger partial charge is 0.247 e. The van der Waals surface area contributed by atoms with Crippen molar-refractivity contribution in [1.29, 1.82) is 0 Å². The first-order chi connectivity index (χ1) is 16.9. The van der Waals surface area contributed by atoms with Crippen LogP contribution in [-0.2, 0) is 9.53 Å². The van der Waals surface area contributed by atoms with Crippen LogP contribution in [0.1, 0.15) is 45.7 Å². The van der Waals surface area contributed by atoms with Gasteiger partial charge in [-0.25, -0.2) is 4.52 Å². The highest BCUT2D eigenvalue weighted by Crippen LogP contribution is 2.24. The summed E-state index contributed by atoms with van der Waals surface area (Å²) in [5.41, 5.74) is 5.23. The largest absolute Gasteiger partial charge is 0.380 e. The second kappa shape index (κ2) is 16.0. The van der Waals surface area contributed by atoms with Crippen molar-refractivity contribution in [1.82, 2.24) is 14.9 Å². The van der Waals surface area contributed by atoms with E-state index < -0.39 is 0 Å². The molecule has 0 saturated heterocycles. The molecule has 0 bridgehead atoms. The molecule has 186 valence electrons. The molecule has 0 spiro atoms. The van der Waals surface area contributed by atoms with Gasteiger partial charge in [0.25, 0.3) is 0 Å². The summed E-state index contributed by atoms with van der Waals surface area (Å²) in [7, 11) is 1.64. The van der Waals surface area contributed by atoms with Gasteiger partial charge in [0.15, 0.2) is 0 Å². The van der Waals surface area contributed by atoms with Gasteiger partial charge >= 0.3 is 0 Å². The number of ether oxygens (including phenoxy) is 1. The molecular weight excluding hydrogens is 434 g/mol. The van der Waals surface area contributed by atoms with E-state index in [-0.39, 0.29) is 11.9 Å². The van der Waals surface area contributed by atoms with E-state index in [4.69, 9.17) is 4.74 Å². The van der Waals surface area contributed by atoms with Crippen molar-refractivity contribution in [2.24, 2.45) is 0 Å². The number of aromatic nitrogens is 2. The van der Waals surface area contributed by atoms with Crippen LogP contribution in [0.25, 0.3) is 16.7 Å². The van der Waals surface area contributed by atoms with Crippen LogP contribution in [-0.4, -0.2) is 35.3 Å². The van der Waals surface area contributed by atoms with E-state index in [9.17, 15) is 4.79 Å². The second-order valence-electron chi connectivity index (χ2n) is 7.81. The van der Waals surface area contributed by atoms with E-state index in [1.54, 1.807) is 30.8 Å². The Bertz CT molecular complexity index is 1110. The molecule has 2 aromatic heterocycles. The molecule has 0 fully saturated rings. The molecule has 0 aliphatic carbocycles. The molecule has 0 unspecified atom stereocenters. The minimum atomic E-state index is -0.0837. The van der Waals surface area contributed by atoms with Gasteiger partial charge in [-0.05, 0) is 55.7 Å². The molecule has 2 heterocycles. The highest BCUT2D eigenvalue weighted by atomic mass is 16.5. The van der Waals surface area contributed by atoms with Gasteiger partial charge in [0.2, 0.25) is 5.91 Å². The van der Waals surface area contributed by atoms with Gasteiger partial charge in [-0.3, -0.25) is 4.79 Å². The van der Waals surface area contributed by atoms with Crippen molar-refractivity contribution >= 4 is 22.6 Å². The van der Waals surface area contributed by atoms with Crippen LogP contribution < -0.4 is 5.32 Å². The molecular formula is C30H39N3O2. The average molecular weight is 474 g/mol. The molecule has 0 saturated carbocycles. The van der Waals surface area contributed by atoms with Gasteiger partial charge in [0.1, 0.15) is 0 Å². The highest BCUT2D eigenvalue weighted by Gasteiger charge is 2.11. The standard InChI is InChI=1S/C22H27N3O2.C6H6.C2H6/c1-7-8-18(11-16(4)22(26)24-15(2)3)19-9-10-25-21(12-19)20(13-23-25)17(5)14-27-6;1-2-4-6-5-3-1;1-2/h7-13,15H,1,5,14H2,2-4,6H3,(H,24,26);1-6H;1-2H3/b16-11+,18-8+;;. The van der Waals surface area contributed by atoms with E-state index in [1.165, 1.54) is 0 Å². The zero-order chi connectivity index (χ0) is 26.2. The normalized spacial score (nSPS) is 11.2. The highest BCUT2D eigenvalue weighted by molar-refractivity contribution is 5.96. The van der Waals surface area contributed by atoms with Crippen LogP contribution in [0.4, 0.5) is 0 Å². The number of fused-ring (bicyclic) bond motifs is 1. The number of nitrogens with zero attached hydrogens (tertiary/aromatic N) is 2. The molecule has 1 N–H and O–H groups in total. The van der Waals surface area contributed by atoms with Crippen molar-refractivity contribution in [3.05, 3.63) is 109 Å². The van der Waals surface area contributed by atoms with Gasteiger partial charge in [-0.1, -0.05) is 75.6 Å². The van der Waals surface area contributed by atoms with Crippen molar-refractivity contribution in [2.75, 3.05) is 13.7 Å². The van der Waals surface area contributed by atoms with E-state index in [0.717, 1.165) is 27.8 Å². The fraction of sp³-hybridized carbons (Fsp3) is 0.267. The predicted octanol–water partition coefficient (Wildman–Crippen LogP) is 6.75. The summed E-state index contributed by atoms with van der Waals surface area (Å²) >= 11 is 0. The van der Waals surface area contributed by atoms with Crippen LogP contribution in [0.3, 0.4) is 0 Å². The van der Waals surface area contributed by atoms with Gasteiger partial charge in [0.05, 0.1) is 18.3 Å². The summed E-state index contributed by atoms with van der Waals surface area (Å²) in [5.74, 6) is -0.0837. The zero-order valence-electron chi connectivity index (χ0n) is 21.9. The van der Waals surface area contributed by atoms with E-state index >= 15 is 0 Å². The summed E-state index contributed by atoms with van der Waals surface area (Å²) in [6, 6.07) is 16.1. The molecule has 0 aliphatic rings. The monoisotopic (exact) mass is 473 g/mol. The topological polar surface area (TPSA) is 55.6 Å². The van der Waals surface area contributed by atoms with Gasteiger partial charge in [-0.2, -0.15) is 5.10 Å². The van der Waals surface area contributed by atoms with Crippen LogP contribution in [0.15, 0.2) is 97.9 Å². The Labute approximate surface area is 210 Å². The minimum absolute atomic E-state index is 0.0837. The maximum Gasteiger partial charge on any atom is 0.247 e. The van der Waals surface area contributed by atoms with Crippen molar-refractivity contribution in [2.45, 2.75) is 40.7 Å². The van der Waals surface area contributed by atoms with Gasteiger partial charge in [0, 0.05) is 30.5 Å². The number of nitrogens with one attached hydrogen (secondary N) is 1. The number of allylic oxidation sites excluding steroid dienone is 4. The maximum atomic E-state index is 12.2. The fourth-order valence-corrected chi connectivity index (χ4v) is 3.10. The summed E-state index contributed by atoms with van der Waals surface area (Å²) in [6.45, 7) is 18.0. The van der Waals surface area contributed by atoms with Crippen LogP contribution in [0, 0.1) is 0 Å². The quantitative estimate of drug-likeness (QED) is 0.291. The molecule has 3 rings (SSSR count). The van der Waals surface area contributed by atoms with E-state index in [0.29, 0.717) is 12.2 Å². The number of hydrogen-bond acceptors (Lipinski definition) is 3. The number of amides is 1. The lowest BCUT2D eigenvalue weighted by atomic mass is 10.0. The number of carbonyl (C=O) groups excluding carboxylic acids is 1. The average Bonchev–Trinajstić information content (AvgIpc) is 3.29. The number of pyridine rings is 1. The minimum Gasteiger partial charge on any atom is -0.380 e. The molecule has 35 heavy (non-hydrogen) atoms. The Morgan fingerprint density at radius 1 is 1.17 bits per heavy atom. The van der Waals surface area contributed by atoms with Crippen molar-refractivity contribution in [3.63, 3.8) is 0 Å². The molecule has 1 aromatic carbocycles. The number of rotatable bonds is 8. The maximum absolute atomic E-state index is 12.2. The lowest BCUT2D eigenvalue weighted by molar-refractivity contribution is -0.117. The Morgan fingerprint density at radius 2 is 1.77 bits per heavy atom. The number of benzene rings is 1. The number of methoxy groups -OCH3 is 1. The van der Waals surface area contributed by atoms with Gasteiger partial charge < -0.3 is 10.1 Å². The van der Waals surface area contributed by atoms with Crippen LogP contribution >= 0.6 is 0 Å². The lowest BCUT2D eigenvalue weighted by Gasteiger charge is -2.10. The molecule has 0 radical (unpaired) electrons. The third-order valence-electron chi connectivity index (χ3n) is 4.67. The third kappa shape index (κ3) is 9.59. The second-order valence-corrected chi connectivity index (χ2v) is 7.81. The Kier molecular flexibility index (Phi) is 13.4. The summed E-state index contributed by atoms with van der Waals surface area (Å²) < 4.78 is 6.99. The third-order valence-corrected chi connectivity index (χ3v) is 4.67. The Balaban J connectivity index is 0.000000654. The molecule has 3 aromatic rings. The Hall–Kier alpha value is -3.70. The summed E-state index contributed by atoms with van der Waals surface area (Å²) in [6.07, 6.45) is 9.14. The SMILES string of the molecule is C=C/C=C(\C=C(/C)C(=O)NC(C)C)c1ccn2ncc(C(=C)COC)c2c1.CC.c1ccccc1. The molecule has 5 heteroatoms. The molecule has 0 atom stereocenters. The van der Waals surface area contributed by atoms with E-state index in [1.807, 2.05) is 94.6 Å². The van der Waals surface area contributed by atoms with E-state index in [2.05, 4.69) is 23.6 Å². The molecule has 1 amide bonds. The summed E-state index contributed by atoms with van der Waals surface area (Å²) in [4.78, 5) is 12.2. The first kappa shape index (κ1) is 29.3.